The number of anilines is 2. The number of hydrogen-bond acceptors (Lipinski definition) is 4. The molecule has 3 N–H and O–H groups in total. The molecule has 2 rings (SSSR count). The van der Waals surface area contributed by atoms with Crippen LogP contribution < -0.4 is 16.2 Å². The van der Waals surface area contributed by atoms with Gasteiger partial charge >= 0.3 is 6.18 Å². The zero-order valence-corrected chi connectivity index (χ0v) is 10.7. The molecule has 0 spiro atoms. The molecule has 0 atom stereocenters. The summed E-state index contributed by atoms with van der Waals surface area (Å²) < 4.78 is 36.5. The number of nitrogen functional groups attached to an aromatic ring is 1. The lowest BCUT2D eigenvalue weighted by Crippen LogP contribution is -2.27. The first-order valence-electron chi connectivity index (χ1n) is 5.84. The third kappa shape index (κ3) is 3.19. The number of nitrogens with two attached hydrogens (primary N) is 1. The lowest BCUT2D eigenvalue weighted by molar-refractivity contribution is -0.132. The largest absolute Gasteiger partial charge is 0.399 e. The van der Waals surface area contributed by atoms with Gasteiger partial charge in [0.05, 0.1) is 17.3 Å². The van der Waals surface area contributed by atoms with Crippen LogP contribution in [0.5, 0.6) is 0 Å². The van der Waals surface area contributed by atoms with Crippen LogP contribution in [0.3, 0.4) is 0 Å². The molecule has 0 amide bonds. The fourth-order valence-corrected chi connectivity index (χ4v) is 1.73. The predicted molar refractivity (Wildman–Crippen MR) is 70.7 cm³/mol. The SMILES string of the molecule is CN(CCC(F)(F)F)c1nc2ccc(N)cc2c(=O)[nH]1. The summed E-state index contributed by atoms with van der Waals surface area (Å²) in [5.74, 6) is 0.0940. The van der Waals surface area contributed by atoms with Crippen molar-refractivity contribution >= 4 is 22.5 Å². The number of alkyl halides is 3. The molecule has 1 aromatic heterocycles. The summed E-state index contributed by atoms with van der Waals surface area (Å²) in [5.41, 5.74) is 5.94. The lowest BCUT2D eigenvalue weighted by atomic mass is 10.2. The monoisotopic (exact) mass is 286 g/mol. The van der Waals surface area contributed by atoms with Crippen molar-refractivity contribution < 1.29 is 13.2 Å². The quantitative estimate of drug-likeness (QED) is 0.845. The molecule has 1 heterocycles. The van der Waals surface area contributed by atoms with Gasteiger partial charge in [-0.3, -0.25) is 9.78 Å². The first kappa shape index (κ1) is 14.2. The van der Waals surface area contributed by atoms with Gasteiger partial charge in [0.2, 0.25) is 5.95 Å². The zero-order chi connectivity index (χ0) is 14.9. The maximum Gasteiger partial charge on any atom is 0.390 e. The van der Waals surface area contributed by atoms with E-state index in [0.717, 1.165) is 0 Å². The standard InChI is InChI=1S/C12H13F3N4O/c1-19(5-4-12(13,14)15)11-17-9-3-2-7(16)6-8(9)10(20)18-11/h2-3,6H,4-5,16H2,1H3,(H,17,18,20). The topological polar surface area (TPSA) is 75.0 Å². The van der Waals surface area contributed by atoms with Crippen molar-refractivity contribution in [1.29, 1.82) is 0 Å². The summed E-state index contributed by atoms with van der Waals surface area (Å²) in [6.07, 6.45) is -5.23. The molecule has 1 aromatic carbocycles. The van der Waals surface area contributed by atoms with Crippen molar-refractivity contribution in [3.05, 3.63) is 28.6 Å². The number of halogens is 3. The molecule has 0 saturated heterocycles. The summed E-state index contributed by atoms with van der Waals surface area (Å²) in [6.45, 7) is -0.285. The first-order chi connectivity index (χ1) is 9.26. The van der Waals surface area contributed by atoms with Crippen LogP contribution in [-0.2, 0) is 0 Å². The van der Waals surface area contributed by atoms with E-state index in [0.29, 0.717) is 16.6 Å². The molecule has 0 aliphatic rings. The van der Waals surface area contributed by atoms with Crippen LogP contribution in [0, 0.1) is 0 Å². The lowest BCUT2D eigenvalue weighted by Gasteiger charge is -2.18. The molecule has 0 unspecified atom stereocenters. The molecular formula is C12H13F3N4O. The Hall–Kier alpha value is -2.25. The van der Waals surface area contributed by atoms with Crippen LogP contribution in [0.4, 0.5) is 24.8 Å². The fraction of sp³-hybridized carbons (Fsp3) is 0.333. The van der Waals surface area contributed by atoms with E-state index >= 15 is 0 Å². The van der Waals surface area contributed by atoms with Gasteiger partial charge in [0.25, 0.3) is 5.56 Å². The van der Waals surface area contributed by atoms with Crippen LogP contribution in [0.25, 0.3) is 10.9 Å². The van der Waals surface area contributed by atoms with E-state index in [2.05, 4.69) is 9.97 Å². The Bertz CT molecular complexity index is 680. The van der Waals surface area contributed by atoms with Gasteiger partial charge in [-0.25, -0.2) is 4.98 Å². The van der Waals surface area contributed by atoms with Crippen LogP contribution in [0.2, 0.25) is 0 Å². The van der Waals surface area contributed by atoms with Gasteiger partial charge < -0.3 is 10.6 Å². The summed E-state index contributed by atoms with van der Waals surface area (Å²) in [4.78, 5) is 19.7. The predicted octanol–water partition coefficient (Wildman–Crippen LogP) is 1.89. The van der Waals surface area contributed by atoms with Crippen LogP contribution in [0.15, 0.2) is 23.0 Å². The van der Waals surface area contributed by atoms with Crippen LogP contribution >= 0.6 is 0 Å². The molecule has 0 aliphatic carbocycles. The average molecular weight is 286 g/mol. The molecule has 5 nitrogen and oxygen atoms in total. The Kier molecular flexibility index (Phi) is 3.56. The number of hydrogen-bond donors (Lipinski definition) is 2. The zero-order valence-electron chi connectivity index (χ0n) is 10.7. The Labute approximate surface area is 112 Å². The number of nitrogens with one attached hydrogen (secondary N) is 1. The van der Waals surface area contributed by atoms with Gasteiger partial charge in [0, 0.05) is 19.3 Å². The summed E-state index contributed by atoms with van der Waals surface area (Å²) >= 11 is 0. The molecule has 0 saturated carbocycles. The van der Waals surface area contributed by atoms with Crippen molar-refractivity contribution in [3.63, 3.8) is 0 Å². The maximum atomic E-state index is 12.2. The van der Waals surface area contributed by atoms with Gasteiger partial charge in [-0.1, -0.05) is 0 Å². The van der Waals surface area contributed by atoms with E-state index < -0.39 is 18.2 Å². The van der Waals surface area contributed by atoms with Crippen LogP contribution in [-0.4, -0.2) is 29.7 Å². The second-order valence-corrected chi connectivity index (χ2v) is 4.45. The van der Waals surface area contributed by atoms with Crippen molar-refractivity contribution in [3.8, 4) is 0 Å². The van der Waals surface area contributed by atoms with Gasteiger partial charge in [-0.2, -0.15) is 13.2 Å². The Morgan fingerprint density at radius 2 is 2.10 bits per heavy atom. The van der Waals surface area contributed by atoms with E-state index in [-0.39, 0.29) is 12.5 Å². The highest BCUT2D eigenvalue weighted by atomic mass is 19.4. The minimum atomic E-state index is -4.25. The smallest absolute Gasteiger partial charge is 0.390 e. The molecule has 108 valence electrons. The second-order valence-electron chi connectivity index (χ2n) is 4.45. The highest BCUT2D eigenvalue weighted by Gasteiger charge is 2.27. The molecule has 20 heavy (non-hydrogen) atoms. The minimum Gasteiger partial charge on any atom is -0.399 e. The number of nitrogens with zero attached hydrogens (tertiary/aromatic N) is 2. The van der Waals surface area contributed by atoms with Gasteiger partial charge in [-0.05, 0) is 18.2 Å². The minimum absolute atomic E-state index is 0.0940. The molecule has 0 bridgehead atoms. The second kappa shape index (κ2) is 5.03. The third-order valence-corrected chi connectivity index (χ3v) is 2.81. The molecular weight excluding hydrogens is 273 g/mol. The van der Waals surface area contributed by atoms with Crippen molar-refractivity contribution in [2.75, 3.05) is 24.2 Å². The van der Waals surface area contributed by atoms with Crippen molar-refractivity contribution in [2.45, 2.75) is 12.6 Å². The molecule has 2 aromatic rings. The van der Waals surface area contributed by atoms with Crippen LogP contribution in [0.1, 0.15) is 6.42 Å². The number of rotatable bonds is 3. The maximum absolute atomic E-state index is 12.2. The highest BCUT2D eigenvalue weighted by Crippen LogP contribution is 2.21. The number of aromatic nitrogens is 2. The van der Waals surface area contributed by atoms with E-state index in [1.54, 1.807) is 12.1 Å². The first-order valence-corrected chi connectivity index (χ1v) is 5.84. The Morgan fingerprint density at radius 1 is 1.40 bits per heavy atom. The molecule has 8 heteroatoms. The number of aromatic amines is 1. The summed E-state index contributed by atoms with van der Waals surface area (Å²) in [7, 11) is 1.44. The Morgan fingerprint density at radius 3 is 2.75 bits per heavy atom. The van der Waals surface area contributed by atoms with Gasteiger partial charge in [0.1, 0.15) is 0 Å². The van der Waals surface area contributed by atoms with E-state index in [9.17, 15) is 18.0 Å². The van der Waals surface area contributed by atoms with Gasteiger partial charge in [0.15, 0.2) is 0 Å². The summed E-state index contributed by atoms with van der Waals surface area (Å²) in [5, 5.41) is 0.304. The average Bonchev–Trinajstić information content (AvgIpc) is 2.35. The molecule has 0 aliphatic heterocycles. The molecule has 0 radical (unpaired) electrons. The van der Waals surface area contributed by atoms with E-state index in [1.165, 1.54) is 18.0 Å². The summed E-state index contributed by atoms with van der Waals surface area (Å²) in [6, 6.07) is 4.61. The number of fused-ring (bicyclic) bond motifs is 1. The van der Waals surface area contributed by atoms with E-state index in [4.69, 9.17) is 5.73 Å². The van der Waals surface area contributed by atoms with Crippen molar-refractivity contribution in [1.82, 2.24) is 9.97 Å². The van der Waals surface area contributed by atoms with Crippen molar-refractivity contribution in [2.24, 2.45) is 0 Å². The number of H-pyrrole nitrogens is 1. The molecule has 0 fully saturated rings. The van der Waals surface area contributed by atoms with E-state index in [1.807, 2.05) is 0 Å². The Balaban J connectivity index is 2.31. The highest BCUT2D eigenvalue weighted by molar-refractivity contribution is 5.81. The normalized spacial score (nSPS) is 11.8. The fourth-order valence-electron chi connectivity index (χ4n) is 1.73. The number of benzene rings is 1. The van der Waals surface area contributed by atoms with Gasteiger partial charge in [-0.15, -0.1) is 0 Å². The third-order valence-electron chi connectivity index (χ3n) is 2.81.